The number of halogens is 1. The van der Waals surface area contributed by atoms with Crippen LogP contribution in [-0.2, 0) is 10.2 Å². The van der Waals surface area contributed by atoms with Crippen LogP contribution >= 0.6 is 0 Å². The maximum absolute atomic E-state index is 12.2. The predicted octanol–water partition coefficient (Wildman–Crippen LogP) is 0.285. The van der Waals surface area contributed by atoms with Gasteiger partial charge in [-0.1, -0.05) is 6.92 Å². The molecule has 1 aliphatic rings. The molecule has 1 heterocycles. The molecule has 0 spiro atoms. The van der Waals surface area contributed by atoms with Crippen molar-refractivity contribution in [2.75, 3.05) is 18.8 Å². The number of rotatable bonds is 2. The maximum atomic E-state index is 12.2. The molecule has 3 nitrogen and oxygen atoms in total. The van der Waals surface area contributed by atoms with Gasteiger partial charge in [0.1, 0.15) is 0 Å². The van der Waals surface area contributed by atoms with Crippen LogP contribution in [-0.4, -0.2) is 27.3 Å². The highest BCUT2D eigenvalue weighted by molar-refractivity contribution is 7.86. The van der Waals surface area contributed by atoms with Crippen molar-refractivity contribution in [3.63, 3.8) is 0 Å². The number of hydrogen-bond acceptors (Lipinski definition) is 3. The van der Waals surface area contributed by atoms with Gasteiger partial charge in [-0.2, -0.15) is 8.42 Å². The second-order valence-electron chi connectivity index (χ2n) is 3.42. The summed E-state index contributed by atoms with van der Waals surface area (Å²) in [6.07, 6.45) is 0.732. The summed E-state index contributed by atoms with van der Waals surface area (Å²) in [6.45, 7) is 3.16. The molecule has 1 atom stereocenters. The minimum absolute atomic E-state index is 0.354. The topological polar surface area (TPSA) is 46.2 Å². The van der Waals surface area contributed by atoms with Crippen molar-refractivity contribution in [1.82, 2.24) is 5.32 Å². The SMILES string of the molecule is CC1(CS(=O)(=O)F)CCNC1. The van der Waals surface area contributed by atoms with Crippen molar-refractivity contribution in [3.8, 4) is 0 Å². The summed E-state index contributed by atoms with van der Waals surface area (Å²) in [7, 11) is -4.31. The van der Waals surface area contributed by atoms with Crippen LogP contribution < -0.4 is 5.32 Å². The molecule has 0 aromatic heterocycles. The standard InChI is InChI=1S/C6H12FNO2S/c1-6(2-3-8-4-6)5-11(7,9)10/h8H,2-5H2,1H3. The first-order chi connectivity index (χ1) is 4.91. The van der Waals surface area contributed by atoms with E-state index in [-0.39, 0.29) is 5.75 Å². The highest BCUT2D eigenvalue weighted by Gasteiger charge is 2.33. The fraction of sp³-hybridized carbons (Fsp3) is 1.00. The predicted molar refractivity (Wildman–Crippen MR) is 40.5 cm³/mol. The van der Waals surface area contributed by atoms with Crippen molar-refractivity contribution < 1.29 is 12.3 Å². The second kappa shape index (κ2) is 2.71. The van der Waals surface area contributed by atoms with Gasteiger partial charge in [-0.05, 0) is 18.4 Å². The zero-order chi connectivity index (χ0) is 8.54. The molecule has 0 aromatic rings. The Morgan fingerprint density at radius 3 is 2.64 bits per heavy atom. The van der Waals surface area contributed by atoms with E-state index in [1.54, 1.807) is 6.92 Å². The molecule has 1 aliphatic heterocycles. The normalized spacial score (nSPS) is 32.5. The van der Waals surface area contributed by atoms with Gasteiger partial charge in [-0.25, -0.2) is 0 Å². The number of hydrogen-bond donors (Lipinski definition) is 1. The third kappa shape index (κ3) is 2.75. The Morgan fingerprint density at radius 1 is 1.64 bits per heavy atom. The molecule has 0 bridgehead atoms. The second-order valence-corrected chi connectivity index (χ2v) is 4.79. The molecule has 5 heteroatoms. The lowest BCUT2D eigenvalue weighted by Gasteiger charge is -2.18. The summed E-state index contributed by atoms with van der Waals surface area (Å²) in [4.78, 5) is 0. The average Bonchev–Trinajstić information content (AvgIpc) is 2.09. The lowest BCUT2D eigenvalue weighted by molar-refractivity contribution is 0.403. The summed E-state index contributed by atoms with van der Waals surface area (Å²) in [6, 6.07) is 0. The van der Waals surface area contributed by atoms with Crippen LogP contribution in [0.3, 0.4) is 0 Å². The third-order valence-corrected chi connectivity index (χ3v) is 3.02. The van der Waals surface area contributed by atoms with Gasteiger partial charge in [0.05, 0.1) is 5.75 Å². The molecule has 1 unspecified atom stereocenters. The molecule has 0 aliphatic carbocycles. The highest BCUT2D eigenvalue weighted by Crippen LogP contribution is 2.26. The quantitative estimate of drug-likeness (QED) is 0.623. The molecule has 1 saturated heterocycles. The van der Waals surface area contributed by atoms with Crippen LogP contribution in [0.15, 0.2) is 0 Å². The van der Waals surface area contributed by atoms with Crippen molar-refractivity contribution in [2.24, 2.45) is 5.41 Å². The molecule has 0 saturated carbocycles. The van der Waals surface area contributed by atoms with Gasteiger partial charge in [-0.15, -0.1) is 3.89 Å². The third-order valence-electron chi connectivity index (χ3n) is 1.98. The van der Waals surface area contributed by atoms with Gasteiger partial charge in [0.2, 0.25) is 0 Å². The Balaban J connectivity index is 2.60. The molecular weight excluding hydrogens is 169 g/mol. The van der Waals surface area contributed by atoms with Gasteiger partial charge in [0.25, 0.3) is 0 Å². The summed E-state index contributed by atoms with van der Waals surface area (Å²) >= 11 is 0. The van der Waals surface area contributed by atoms with Crippen molar-refractivity contribution in [2.45, 2.75) is 13.3 Å². The first-order valence-electron chi connectivity index (χ1n) is 3.54. The minimum Gasteiger partial charge on any atom is -0.316 e. The fourth-order valence-electron chi connectivity index (χ4n) is 1.41. The molecule has 66 valence electrons. The maximum Gasteiger partial charge on any atom is 0.302 e. The van der Waals surface area contributed by atoms with Crippen LogP contribution in [0.4, 0.5) is 3.89 Å². The molecule has 0 aromatic carbocycles. The van der Waals surface area contributed by atoms with E-state index in [0.29, 0.717) is 6.54 Å². The Labute approximate surface area is 66.2 Å². The highest BCUT2D eigenvalue weighted by atomic mass is 32.3. The molecule has 0 radical (unpaired) electrons. The van der Waals surface area contributed by atoms with E-state index in [1.165, 1.54) is 0 Å². The lowest BCUT2D eigenvalue weighted by atomic mass is 9.93. The van der Waals surface area contributed by atoms with E-state index in [1.807, 2.05) is 0 Å². The molecule has 0 amide bonds. The largest absolute Gasteiger partial charge is 0.316 e. The first-order valence-corrected chi connectivity index (χ1v) is 5.10. The fourth-order valence-corrected chi connectivity index (χ4v) is 2.49. The Morgan fingerprint density at radius 2 is 2.27 bits per heavy atom. The molecular formula is C6H12FNO2S. The number of nitrogens with one attached hydrogen (secondary N) is 1. The van der Waals surface area contributed by atoms with E-state index in [0.717, 1.165) is 13.0 Å². The summed E-state index contributed by atoms with van der Waals surface area (Å²) < 4.78 is 32.8. The monoisotopic (exact) mass is 181 g/mol. The Bertz CT molecular complexity index is 231. The van der Waals surface area contributed by atoms with Gasteiger partial charge in [0.15, 0.2) is 0 Å². The van der Waals surface area contributed by atoms with E-state index in [2.05, 4.69) is 5.32 Å². The van der Waals surface area contributed by atoms with Gasteiger partial charge < -0.3 is 5.32 Å². The van der Waals surface area contributed by atoms with Crippen LogP contribution in [0, 0.1) is 5.41 Å². The molecule has 1 N–H and O–H groups in total. The molecule has 1 rings (SSSR count). The average molecular weight is 181 g/mol. The van der Waals surface area contributed by atoms with Crippen molar-refractivity contribution in [1.29, 1.82) is 0 Å². The van der Waals surface area contributed by atoms with Crippen LogP contribution in [0.2, 0.25) is 0 Å². The smallest absolute Gasteiger partial charge is 0.302 e. The first kappa shape index (κ1) is 8.93. The van der Waals surface area contributed by atoms with E-state index >= 15 is 0 Å². The van der Waals surface area contributed by atoms with Crippen molar-refractivity contribution in [3.05, 3.63) is 0 Å². The van der Waals surface area contributed by atoms with Crippen LogP contribution in [0.1, 0.15) is 13.3 Å². The minimum atomic E-state index is -4.31. The summed E-state index contributed by atoms with van der Waals surface area (Å²) in [5.74, 6) is -0.354. The molecule has 1 fully saturated rings. The van der Waals surface area contributed by atoms with Crippen molar-refractivity contribution >= 4 is 10.2 Å². The van der Waals surface area contributed by atoms with Crippen LogP contribution in [0.5, 0.6) is 0 Å². The summed E-state index contributed by atoms with van der Waals surface area (Å²) in [5, 5.41) is 3.00. The van der Waals surface area contributed by atoms with Gasteiger partial charge in [0, 0.05) is 6.54 Å². The van der Waals surface area contributed by atoms with E-state index < -0.39 is 15.6 Å². The zero-order valence-electron chi connectivity index (χ0n) is 6.43. The Hall–Kier alpha value is -0.160. The van der Waals surface area contributed by atoms with Crippen LogP contribution in [0.25, 0.3) is 0 Å². The zero-order valence-corrected chi connectivity index (χ0v) is 7.25. The van der Waals surface area contributed by atoms with Gasteiger partial charge >= 0.3 is 10.2 Å². The van der Waals surface area contributed by atoms with E-state index in [4.69, 9.17) is 0 Å². The lowest BCUT2D eigenvalue weighted by Crippen LogP contribution is -2.27. The Kier molecular flexibility index (Phi) is 2.20. The summed E-state index contributed by atoms with van der Waals surface area (Å²) in [5.41, 5.74) is -0.395. The van der Waals surface area contributed by atoms with E-state index in [9.17, 15) is 12.3 Å². The van der Waals surface area contributed by atoms with Gasteiger partial charge in [-0.3, -0.25) is 0 Å². The molecule has 11 heavy (non-hydrogen) atoms.